The number of nitrogens with zero attached hydrogens (tertiary/aromatic N) is 2. The highest BCUT2D eigenvalue weighted by Crippen LogP contribution is 2.37. The largest absolute Gasteiger partial charge is 0.325 e. The first-order valence-electron chi connectivity index (χ1n) is 10.1. The van der Waals surface area contributed by atoms with Gasteiger partial charge in [0.25, 0.3) is 0 Å². The van der Waals surface area contributed by atoms with Crippen LogP contribution in [0.1, 0.15) is 36.8 Å². The van der Waals surface area contributed by atoms with E-state index < -0.39 is 0 Å². The molecule has 5 rings (SSSR count). The molecular formula is C23H23N3O2. The van der Waals surface area contributed by atoms with Gasteiger partial charge < -0.3 is 10.2 Å². The molecule has 3 aliphatic rings. The van der Waals surface area contributed by atoms with Crippen LogP contribution in [0.5, 0.6) is 0 Å². The Hall–Kier alpha value is -2.95. The number of anilines is 2. The summed E-state index contributed by atoms with van der Waals surface area (Å²) in [5.41, 5.74) is 5.95. The van der Waals surface area contributed by atoms with E-state index in [2.05, 4.69) is 17.4 Å². The topological polar surface area (TPSA) is 61.8 Å². The number of fused-ring (bicyclic) bond motifs is 3. The third kappa shape index (κ3) is 3.01. The lowest BCUT2D eigenvalue weighted by Gasteiger charge is -2.24. The van der Waals surface area contributed by atoms with E-state index in [-0.39, 0.29) is 24.3 Å². The second-order valence-electron chi connectivity index (χ2n) is 7.85. The van der Waals surface area contributed by atoms with Crippen LogP contribution in [0.4, 0.5) is 17.1 Å². The maximum absolute atomic E-state index is 13.2. The molecule has 1 N–H and O–H groups in total. The van der Waals surface area contributed by atoms with Crippen LogP contribution in [-0.2, 0) is 22.4 Å². The predicted octanol–water partition coefficient (Wildman–Crippen LogP) is 4.03. The van der Waals surface area contributed by atoms with Crippen molar-refractivity contribution < 1.29 is 9.59 Å². The van der Waals surface area contributed by atoms with Gasteiger partial charge in [-0.1, -0.05) is 18.2 Å². The summed E-state index contributed by atoms with van der Waals surface area (Å²) >= 11 is 0. The van der Waals surface area contributed by atoms with Crippen molar-refractivity contribution in [3.63, 3.8) is 0 Å². The lowest BCUT2D eigenvalue weighted by Crippen LogP contribution is -2.41. The smallest absolute Gasteiger partial charge is 0.244 e. The standard InChI is InChI=1S/C23H23N3O2/c27-22(24-17-12-11-15-5-3-6-16(15)13-17)14-26-21-10-2-1-8-20(21)25-19-9-4-7-18(19)23(26)28/h1-2,8,10-13,18H,3-7,9,14H2,(H,24,27). The molecule has 0 radical (unpaired) electrons. The van der Waals surface area contributed by atoms with Gasteiger partial charge in [-0.05, 0) is 73.9 Å². The molecule has 1 heterocycles. The van der Waals surface area contributed by atoms with Crippen LogP contribution in [0.2, 0.25) is 0 Å². The predicted molar refractivity (Wildman–Crippen MR) is 110 cm³/mol. The van der Waals surface area contributed by atoms with E-state index in [1.165, 1.54) is 17.5 Å². The Morgan fingerprint density at radius 1 is 1.07 bits per heavy atom. The van der Waals surface area contributed by atoms with Gasteiger partial charge in [0.15, 0.2) is 0 Å². The molecule has 1 aliphatic heterocycles. The van der Waals surface area contributed by atoms with Crippen LogP contribution in [-0.4, -0.2) is 24.1 Å². The van der Waals surface area contributed by atoms with Gasteiger partial charge in [0.1, 0.15) is 6.54 Å². The van der Waals surface area contributed by atoms with E-state index in [0.29, 0.717) is 0 Å². The molecular weight excluding hydrogens is 350 g/mol. The van der Waals surface area contributed by atoms with Crippen molar-refractivity contribution in [2.24, 2.45) is 10.9 Å². The normalized spacial score (nSPS) is 20.1. The molecule has 0 spiro atoms. The fourth-order valence-corrected chi connectivity index (χ4v) is 4.63. The molecule has 28 heavy (non-hydrogen) atoms. The Morgan fingerprint density at radius 3 is 2.86 bits per heavy atom. The highest BCUT2D eigenvalue weighted by atomic mass is 16.2. The number of rotatable bonds is 3. The number of carbonyl (C=O) groups excluding carboxylic acids is 2. The van der Waals surface area contributed by atoms with E-state index in [1.54, 1.807) is 4.90 Å². The van der Waals surface area contributed by atoms with Gasteiger partial charge in [-0.2, -0.15) is 0 Å². The molecule has 142 valence electrons. The highest BCUT2D eigenvalue weighted by molar-refractivity contribution is 6.16. The zero-order chi connectivity index (χ0) is 19.1. The number of para-hydroxylation sites is 2. The second-order valence-corrected chi connectivity index (χ2v) is 7.85. The second kappa shape index (κ2) is 6.89. The molecule has 2 aromatic carbocycles. The number of hydrogen-bond acceptors (Lipinski definition) is 3. The van der Waals surface area contributed by atoms with Crippen LogP contribution in [0.25, 0.3) is 0 Å². The van der Waals surface area contributed by atoms with Gasteiger partial charge in [0.2, 0.25) is 11.8 Å². The van der Waals surface area contributed by atoms with Gasteiger partial charge in [0.05, 0.1) is 17.3 Å². The summed E-state index contributed by atoms with van der Waals surface area (Å²) in [6, 6.07) is 13.7. The molecule has 0 saturated heterocycles. The summed E-state index contributed by atoms with van der Waals surface area (Å²) in [6.45, 7) is 0.00618. The van der Waals surface area contributed by atoms with Gasteiger partial charge >= 0.3 is 0 Å². The highest BCUT2D eigenvalue weighted by Gasteiger charge is 2.37. The Kier molecular flexibility index (Phi) is 4.23. The Morgan fingerprint density at radius 2 is 1.93 bits per heavy atom. The fraction of sp³-hybridized carbons (Fsp3) is 0.348. The third-order valence-corrected chi connectivity index (χ3v) is 6.01. The summed E-state index contributed by atoms with van der Waals surface area (Å²) in [4.78, 5) is 32.4. The Bertz CT molecular complexity index is 995. The summed E-state index contributed by atoms with van der Waals surface area (Å²) in [5, 5.41) is 2.98. The minimum atomic E-state index is -0.194. The van der Waals surface area contributed by atoms with Crippen molar-refractivity contribution in [1.29, 1.82) is 0 Å². The fourth-order valence-electron chi connectivity index (χ4n) is 4.63. The Labute approximate surface area is 164 Å². The first kappa shape index (κ1) is 17.2. The SMILES string of the molecule is O=C(CN1C(=O)C2CCCC2=Nc2ccccc21)Nc1ccc2c(c1)CCC2. The monoisotopic (exact) mass is 373 g/mol. The number of aliphatic imine (C=N–C) groups is 1. The number of amides is 2. The van der Waals surface area contributed by atoms with Crippen molar-refractivity contribution in [1.82, 2.24) is 0 Å². The zero-order valence-electron chi connectivity index (χ0n) is 15.8. The van der Waals surface area contributed by atoms with E-state index >= 15 is 0 Å². The van der Waals surface area contributed by atoms with Crippen LogP contribution in [0.3, 0.4) is 0 Å². The number of aryl methyl sites for hydroxylation is 2. The molecule has 1 saturated carbocycles. The van der Waals surface area contributed by atoms with Gasteiger partial charge in [-0.3, -0.25) is 14.6 Å². The number of carbonyl (C=O) groups is 2. The summed E-state index contributed by atoms with van der Waals surface area (Å²) < 4.78 is 0. The van der Waals surface area contributed by atoms with Crippen LogP contribution >= 0.6 is 0 Å². The number of benzene rings is 2. The third-order valence-electron chi connectivity index (χ3n) is 6.01. The molecule has 1 atom stereocenters. The molecule has 1 fully saturated rings. The summed E-state index contributed by atoms with van der Waals surface area (Å²) in [7, 11) is 0. The van der Waals surface area contributed by atoms with Crippen molar-refractivity contribution in [2.75, 3.05) is 16.8 Å². The molecule has 2 aliphatic carbocycles. The van der Waals surface area contributed by atoms with E-state index in [9.17, 15) is 9.59 Å². The molecule has 1 unspecified atom stereocenters. The lowest BCUT2D eigenvalue weighted by molar-refractivity contribution is -0.122. The van der Waals surface area contributed by atoms with Crippen LogP contribution < -0.4 is 10.2 Å². The maximum Gasteiger partial charge on any atom is 0.244 e. The van der Waals surface area contributed by atoms with Crippen molar-refractivity contribution in [3.8, 4) is 0 Å². The first-order valence-corrected chi connectivity index (χ1v) is 10.1. The average Bonchev–Trinajstić information content (AvgIpc) is 3.33. The van der Waals surface area contributed by atoms with Gasteiger partial charge in [-0.25, -0.2) is 0 Å². The maximum atomic E-state index is 13.2. The van der Waals surface area contributed by atoms with Crippen molar-refractivity contribution in [3.05, 3.63) is 53.6 Å². The molecule has 0 bridgehead atoms. The zero-order valence-corrected chi connectivity index (χ0v) is 15.8. The number of nitrogens with one attached hydrogen (secondary N) is 1. The van der Waals surface area contributed by atoms with Gasteiger partial charge in [0, 0.05) is 11.4 Å². The lowest BCUT2D eigenvalue weighted by atomic mass is 10.1. The quantitative estimate of drug-likeness (QED) is 0.883. The summed E-state index contributed by atoms with van der Waals surface area (Å²) in [5.74, 6) is -0.381. The number of hydrogen-bond donors (Lipinski definition) is 1. The van der Waals surface area contributed by atoms with E-state index in [1.807, 2.05) is 30.3 Å². The van der Waals surface area contributed by atoms with Crippen LogP contribution in [0.15, 0.2) is 47.5 Å². The molecule has 2 aromatic rings. The van der Waals surface area contributed by atoms with Crippen molar-refractivity contribution in [2.45, 2.75) is 38.5 Å². The van der Waals surface area contributed by atoms with Crippen LogP contribution in [0, 0.1) is 5.92 Å². The minimum Gasteiger partial charge on any atom is -0.325 e. The van der Waals surface area contributed by atoms with Gasteiger partial charge in [-0.15, -0.1) is 0 Å². The summed E-state index contributed by atoms with van der Waals surface area (Å²) in [6.07, 6.45) is 6.02. The molecule has 5 nitrogen and oxygen atoms in total. The molecule has 0 aromatic heterocycles. The van der Waals surface area contributed by atoms with E-state index in [4.69, 9.17) is 4.99 Å². The molecule has 5 heteroatoms. The van der Waals surface area contributed by atoms with Crippen molar-refractivity contribution >= 4 is 34.6 Å². The Balaban J connectivity index is 1.39. The minimum absolute atomic E-state index is 0.00618. The first-order chi connectivity index (χ1) is 13.7. The average molecular weight is 373 g/mol. The van der Waals surface area contributed by atoms with E-state index in [0.717, 1.165) is 54.9 Å². The molecule has 2 amide bonds.